The van der Waals surface area contributed by atoms with Crippen LogP contribution < -0.4 is 14.9 Å². The smallest absolute Gasteiger partial charge is 0.277 e. The largest absolute Gasteiger partial charge is 0.493 e. The molecule has 2 aromatic carbocycles. The summed E-state index contributed by atoms with van der Waals surface area (Å²) in [4.78, 5) is 18.0. The Kier molecular flexibility index (Phi) is 6.97. The van der Waals surface area contributed by atoms with Gasteiger partial charge in [-0.15, -0.1) is 11.3 Å². The Labute approximate surface area is 185 Å². The molecule has 0 saturated heterocycles. The minimum atomic E-state index is -0.189. The highest BCUT2D eigenvalue weighted by Gasteiger charge is 2.18. The molecule has 3 aromatic rings. The van der Waals surface area contributed by atoms with Crippen molar-refractivity contribution in [3.63, 3.8) is 0 Å². The average Bonchev–Trinajstić information content (AvgIpc) is 3.09. The van der Waals surface area contributed by atoms with Crippen LogP contribution in [0.25, 0.3) is 10.6 Å². The van der Waals surface area contributed by atoms with Gasteiger partial charge in [-0.3, -0.25) is 10.2 Å². The molecule has 0 aliphatic heterocycles. The van der Waals surface area contributed by atoms with Gasteiger partial charge < -0.3 is 9.47 Å². The summed E-state index contributed by atoms with van der Waals surface area (Å²) in [5, 5.41) is 3.21. The molecule has 30 heavy (non-hydrogen) atoms. The molecule has 0 spiro atoms. The number of methoxy groups -OCH3 is 2. The van der Waals surface area contributed by atoms with E-state index in [0.29, 0.717) is 33.6 Å². The number of halogens is 1. The Hall–Kier alpha value is -2.61. The quantitative estimate of drug-likeness (QED) is 0.525. The predicted octanol–water partition coefficient (Wildman–Crippen LogP) is 4.87. The number of nitrogens with one attached hydrogen (secondary N) is 1. The number of carbonyl (C=O) groups is 1. The first-order chi connectivity index (χ1) is 14.3. The molecule has 1 aromatic heterocycles. The Morgan fingerprint density at radius 3 is 2.53 bits per heavy atom. The van der Waals surface area contributed by atoms with E-state index in [2.05, 4.69) is 10.4 Å². The number of aromatic nitrogens is 1. The molecule has 0 atom stereocenters. The predicted molar refractivity (Wildman–Crippen MR) is 121 cm³/mol. The molecule has 0 aliphatic rings. The van der Waals surface area contributed by atoms with Crippen LogP contribution in [0.1, 0.15) is 26.5 Å². The lowest BCUT2D eigenvalue weighted by Gasteiger charge is -2.18. The third-order valence-electron chi connectivity index (χ3n) is 4.58. The zero-order chi connectivity index (χ0) is 21.8. The summed E-state index contributed by atoms with van der Waals surface area (Å²) in [5.74, 6) is 1.13. The molecule has 1 amide bonds. The summed E-state index contributed by atoms with van der Waals surface area (Å²) in [6.07, 6.45) is 0. The molecule has 1 N–H and O–H groups in total. The fraction of sp³-hybridized carbons (Fsp3) is 0.273. The second-order valence-electron chi connectivity index (χ2n) is 6.88. The third-order valence-corrected chi connectivity index (χ3v) is 6.01. The van der Waals surface area contributed by atoms with Gasteiger partial charge in [0.05, 0.1) is 19.9 Å². The van der Waals surface area contributed by atoms with Crippen molar-refractivity contribution in [1.82, 2.24) is 15.4 Å². The van der Waals surface area contributed by atoms with Gasteiger partial charge in [0, 0.05) is 24.2 Å². The van der Waals surface area contributed by atoms with Gasteiger partial charge in [0.2, 0.25) is 0 Å². The molecule has 0 bridgehead atoms. The van der Waals surface area contributed by atoms with Gasteiger partial charge >= 0.3 is 0 Å². The summed E-state index contributed by atoms with van der Waals surface area (Å²) in [5.41, 5.74) is 6.59. The molecule has 0 unspecified atom stereocenters. The lowest BCUT2D eigenvalue weighted by molar-refractivity contribution is 0.0823. The van der Waals surface area contributed by atoms with Crippen molar-refractivity contribution in [2.75, 3.05) is 21.3 Å². The maximum absolute atomic E-state index is 12.8. The van der Waals surface area contributed by atoms with E-state index in [9.17, 15) is 4.79 Å². The lowest BCUT2D eigenvalue weighted by atomic mass is 10.1. The van der Waals surface area contributed by atoms with Crippen molar-refractivity contribution in [2.45, 2.75) is 20.4 Å². The first kappa shape index (κ1) is 22.1. The van der Waals surface area contributed by atoms with E-state index < -0.39 is 0 Å². The van der Waals surface area contributed by atoms with E-state index in [1.54, 1.807) is 19.2 Å². The fourth-order valence-corrected chi connectivity index (χ4v) is 4.38. The van der Waals surface area contributed by atoms with E-state index in [4.69, 9.17) is 21.1 Å². The van der Waals surface area contributed by atoms with Gasteiger partial charge in [-0.25, -0.2) is 9.99 Å². The van der Waals surface area contributed by atoms with E-state index in [-0.39, 0.29) is 5.91 Å². The number of ether oxygens (including phenoxy) is 2. The van der Waals surface area contributed by atoms with Crippen LogP contribution in [0, 0.1) is 13.8 Å². The van der Waals surface area contributed by atoms with E-state index in [1.165, 1.54) is 11.3 Å². The number of hydrazine groups is 1. The van der Waals surface area contributed by atoms with E-state index >= 15 is 0 Å². The highest BCUT2D eigenvalue weighted by atomic mass is 35.5. The zero-order valence-corrected chi connectivity index (χ0v) is 19.1. The van der Waals surface area contributed by atoms with Crippen molar-refractivity contribution in [2.24, 2.45) is 0 Å². The van der Waals surface area contributed by atoms with Crippen LogP contribution in [0.15, 0.2) is 36.4 Å². The van der Waals surface area contributed by atoms with Crippen molar-refractivity contribution in [3.8, 4) is 22.1 Å². The molecular formula is C22H24ClN3O3S. The molecule has 0 fully saturated rings. The second-order valence-corrected chi connectivity index (χ2v) is 8.31. The van der Waals surface area contributed by atoms with Crippen LogP contribution >= 0.6 is 22.9 Å². The summed E-state index contributed by atoms with van der Waals surface area (Å²) in [6, 6.07) is 11.3. The molecule has 6 nitrogen and oxygen atoms in total. The van der Waals surface area contributed by atoms with Gasteiger partial charge in [0.25, 0.3) is 5.91 Å². The molecule has 3 rings (SSSR count). The number of aryl methyl sites for hydroxylation is 2. The number of hydrogen-bond acceptors (Lipinski definition) is 6. The molecule has 0 aliphatic carbocycles. The number of thiazole rings is 1. The summed E-state index contributed by atoms with van der Waals surface area (Å²) < 4.78 is 10.6. The third kappa shape index (κ3) is 4.92. The SMILES string of the molecule is COc1ccc(CN(C)NC(=O)c2sc(-c3ccc(Cl)cc3C)nc2C)cc1OC. The number of benzene rings is 2. The maximum Gasteiger partial charge on any atom is 0.277 e. The summed E-state index contributed by atoms with van der Waals surface area (Å²) in [7, 11) is 5.01. The fourth-order valence-electron chi connectivity index (χ4n) is 3.11. The minimum Gasteiger partial charge on any atom is -0.493 e. The van der Waals surface area contributed by atoms with Crippen LogP contribution in [-0.2, 0) is 6.54 Å². The Morgan fingerprint density at radius 1 is 1.13 bits per heavy atom. The minimum absolute atomic E-state index is 0.189. The van der Waals surface area contributed by atoms with Gasteiger partial charge in [0.15, 0.2) is 11.5 Å². The standard InChI is InChI=1S/C22H24ClN3O3S/c1-13-10-16(23)7-8-17(13)22-24-14(2)20(30-22)21(27)25-26(3)12-15-6-9-18(28-4)19(11-15)29-5/h6-11H,12H2,1-5H3,(H,25,27). The monoisotopic (exact) mass is 445 g/mol. The Bertz CT molecular complexity index is 1070. The number of rotatable bonds is 7. The zero-order valence-electron chi connectivity index (χ0n) is 17.6. The first-order valence-electron chi connectivity index (χ1n) is 9.29. The molecule has 1 heterocycles. The van der Waals surface area contributed by atoms with Crippen molar-refractivity contribution < 1.29 is 14.3 Å². The van der Waals surface area contributed by atoms with Crippen molar-refractivity contribution >= 4 is 28.8 Å². The topological polar surface area (TPSA) is 63.7 Å². The van der Waals surface area contributed by atoms with Gasteiger partial charge in [0.1, 0.15) is 9.88 Å². The number of amides is 1. The van der Waals surface area contributed by atoms with E-state index in [0.717, 1.165) is 21.7 Å². The highest BCUT2D eigenvalue weighted by Crippen LogP contribution is 2.32. The van der Waals surface area contributed by atoms with Gasteiger partial charge in [-0.1, -0.05) is 23.7 Å². The van der Waals surface area contributed by atoms with Crippen molar-refractivity contribution in [3.05, 3.63) is 63.1 Å². The molecule has 0 radical (unpaired) electrons. The van der Waals surface area contributed by atoms with Crippen LogP contribution in [0.5, 0.6) is 11.5 Å². The van der Waals surface area contributed by atoms with Crippen molar-refractivity contribution in [1.29, 1.82) is 0 Å². The van der Waals surface area contributed by atoms with Crippen LogP contribution in [0.3, 0.4) is 0 Å². The maximum atomic E-state index is 12.8. The second kappa shape index (κ2) is 9.47. The Balaban J connectivity index is 1.72. The molecule has 0 saturated carbocycles. The lowest BCUT2D eigenvalue weighted by Crippen LogP contribution is -2.38. The van der Waals surface area contributed by atoms with Crippen LogP contribution in [-0.4, -0.2) is 37.2 Å². The number of nitrogens with zero attached hydrogens (tertiary/aromatic N) is 2. The number of hydrogen-bond donors (Lipinski definition) is 1. The van der Waals surface area contributed by atoms with Crippen LogP contribution in [0.4, 0.5) is 0 Å². The highest BCUT2D eigenvalue weighted by molar-refractivity contribution is 7.17. The number of carbonyl (C=O) groups excluding carboxylic acids is 1. The van der Waals surface area contributed by atoms with Crippen LogP contribution in [0.2, 0.25) is 5.02 Å². The molecule has 8 heteroatoms. The molecular weight excluding hydrogens is 422 g/mol. The first-order valence-corrected chi connectivity index (χ1v) is 10.5. The normalized spacial score (nSPS) is 10.9. The Morgan fingerprint density at radius 2 is 1.87 bits per heavy atom. The summed E-state index contributed by atoms with van der Waals surface area (Å²) in [6.45, 7) is 4.33. The van der Waals surface area contributed by atoms with E-state index in [1.807, 2.05) is 57.3 Å². The molecule has 158 valence electrons. The van der Waals surface area contributed by atoms with Gasteiger partial charge in [-0.2, -0.15) is 0 Å². The van der Waals surface area contributed by atoms with Gasteiger partial charge in [-0.05, 0) is 49.2 Å². The average molecular weight is 446 g/mol. The summed E-state index contributed by atoms with van der Waals surface area (Å²) >= 11 is 7.42.